The Kier molecular flexibility index (Phi) is 3.89. The zero-order valence-electron chi connectivity index (χ0n) is 10.2. The Labute approximate surface area is 110 Å². The normalized spacial score (nSPS) is 12.4. The molecule has 4 nitrogen and oxygen atoms in total. The van der Waals surface area contributed by atoms with Crippen LogP contribution in [0.25, 0.3) is 0 Å². The third-order valence-corrected chi connectivity index (χ3v) is 2.71. The van der Waals surface area contributed by atoms with E-state index in [4.69, 9.17) is 20.9 Å². The van der Waals surface area contributed by atoms with Gasteiger partial charge in [-0.3, -0.25) is 0 Å². The molecule has 0 aliphatic carbocycles. The molecule has 0 fully saturated rings. The number of nitrogens with zero attached hydrogens (tertiary/aromatic N) is 1. The molecule has 96 valence electrons. The Hall–Kier alpha value is -1.52. The van der Waals surface area contributed by atoms with Crippen molar-refractivity contribution in [2.45, 2.75) is 26.6 Å². The van der Waals surface area contributed by atoms with Crippen molar-refractivity contribution in [2.75, 3.05) is 0 Å². The predicted octanol–water partition coefficient (Wildman–Crippen LogP) is 3.27. The van der Waals surface area contributed by atoms with Gasteiger partial charge in [0.2, 0.25) is 0 Å². The number of hydrogen-bond donors (Lipinski definition) is 1. The summed E-state index contributed by atoms with van der Waals surface area (Å²) in [6.07, 6.45) is -0.641. The van der Waals surface area contributed by atoms with Crippen molar-refractivity contribution in [2.24, 2.45) is 0 Å². The van der Waals surface area contributed by atoms with Gasteiger partial charge in [-0.1, -0.05) is 16.8 Å². The maximum absolute atomic E-state index is 9.66. The van der Waals surface area contributed by atoms with Crippen molar-refractivity contribution >= 4 is 11.6 Å². The van der Waals surface area contributed by atoms with Crippen molar-refractivity contribution in [1.82, 2.24) is 5.16 Å². The lowest BCUT2D eigenvalue weighted by atomic mass is 10.1. The Morgan fingerprint density at radius 1 is 1.44 bits per heavy atom. The Morgan fingerprint density at radius 2 is 2.22 bits per heavy atom. The molecule has 0 amide bonds. The predicted molar refractivity (Wildman–Crippen MR) is 67.7 cm³/mol. The zero-order chi connectivity index (χ0) is 13.1. The van der Waals surface area contributed by atoms with Crippen LogP contribution in [0.3, 0.4) is 0 Å². The summed E-state index contributed by atoms with van der Waals surface area (Å²) in [5.74, 6) is 1.33. The summed E-state index contributed by atoms with van der Waals surface area (Å²) < 4.78 is 10.6. The summed E-state index contributed by atoms with van der Waals surface area (Å²) in [5.41, 5.74) is 1.36. The van der Waals surface area contributed by atoms with Gasteiger partial charge in [0.05, 0.1) is 6.10 Å². The molecule has 0 saturated heterocycles. The van der Waals surface area contributed by atoms with Crippen molar-refractivity contribution in [1.29, 1.82) is 0 Å². The van der Waals surface area contributed by atoms with E-state index in [0.29, 0.717) is 28.6 Å². The van der Waals surface area contributed by atoms with Crippen molar-refractivity contribution in [3.63, 3.8) is 0 Å². The monoisotopic (exact) mass is 267 g/mol. The first-order chi connectivity index (χ1) is 8.56. The molecule has 0 radical (unpaired) electrons. The quantitative estimate of drug-likeness (QED) is 0.924. The van der Waals surface area contributed by atoms with Gasteiger partial charge in [-0.05, 0) is 32.0 Å². The van der Waals surface area contributed by atoms with Gasteiger partial charge >= 0.3 is 0 Å². The summed E-state index contributed by atoms with van der Waals surface area (Å²) in [6.45, 7) is 3.78. The van der Waals surface area contributed by atoms with Crippen molar-refractivity contribution in [3.8, 4) is 5.75 Å². The first kappa shape index (κ1) is 12.9. The zero-order valence-corrected chi connectivity index (χ0v) is 10.9. The fraction of sp³-hybridized carbons (Fsp3) is 0.308. The van der Waals surface area contributed by atoms with Crippen LogP contribution in [0, 0.1) is 6.92 Å². The highest BCUT2D eigenvalue weighted by molar-refractivity contribution is 6.30. The number of aryl methyl sites for hydroxylation is 1. The maximum Gasteiger partial charge on any atom is 0.134 e. The Bertz CT molecular complexity index is 537. The van der Waals surface area contributed by atoms with E-state index >= 15 is 0 Å². The topological polar surface area (TPSA) is 55.5 Å². The minimum atomic E-state index is -0.641. The van der Waals surface area contributed by atoms with Crippen LogP contribution in [-0.4, -0.2) is 10.3 Å². The van der Waals surface area contributed by atoms with E-state index in [0.717, 1.165) is 5.76 Å². The Morgan fingerprint density at radius 3 is 2.83 bits per heavy atom. The second-order valence-electron chi connectivity index (χ2n) is 4.08. The van der Waals surface area contributed by atoms with Gasteiger partial charge < -0.3 is 14.4 Å². The van der Waals surface area contributed by atoms with E-state index in [1.54, 1.807) is 31.2 Å². The molecule has 2 aromatic rings. The largest absolute Gasteiger partial charge is 0.487 e. The number of hydrogen-bond acceptors (Lipinski definition) is 4. The molecule has 1 N–H and O–H groups in total. The highest BCUT2D eigenvalue weighted by Crippen LogP contribution is 2.28. The molecule has 1 atom stereocenters. The molecule has 0 saturated carbocycles. The summed E-state index contributed by atoms with van der Waals surface area (Å²) >= 11 is 5.89. The molecule has 18 heavy (non-hydrogen) atoms. The molecule has 5 heteroatoms. The van der Waals surface area contributed by atoms with Crippen molar-refractivity contribution in [3.05, 3.63) is 46.3 Å². The van der Waals surface area contributed by atoms with E-state index < -0.39 is 6.10 Å². The van der Waals surface area contributed by atoms with E-state index in [2.05, 4.69) is 5.16 Å². The van der Waals surface area contributed by atoms with E-state index in [-0.39, 0.29) is 0 Å². The van der Waals surface area contributed by atoms with Crippen LogP contribution in [-0.2, 0) is 6.61 Å². The van der Waals surface area contributed by atoms with Crippen LogP contribution < -0.4 is 4.74 Å². The fourth-order valence-electron chi connectivity index (χ4n) is 1.61. The third-order valence-electron chi connectivity index (χ3n) is 2.47. The van der Waals surface area contributed by atoms with Crippen LogP contribution in [0.2, 0.25) is 5.02 Å². The fourth-order valence-corrected chi connectivity index (χ4v) is 1.80. The number of rotatable bonds is 4. The van der Waals surface area contributed by atoms with Crippen LogP contribution in [0.1, 0.15) is 30.0 Å². The smallest absolute Gasteiger partial charge is 0.134 e. The summed E-state index contributed by atoms with van der Waals surface area (Å²) in [6, 6.07) is 6.95. The molecular weight excluding hydrogens is 254 g/mol. The summed E-state index contributed by atoms with van der Waals surface area (Å²) in [4.78, 5) is 0. The highest BCUT2D eigenvalue weighted by atomic mass is 35.5. The first-order valence-electron chi connectivity index (χ1n) is 5.59. The number of benzene rings is 1. The van der Waals surface area contributed by atoms with Crippen LogP contribution in [0.4, 0.5) is 0 Å². The maximum atomic E-state index is 9.66. The summed E-state index contributed by atoms with van der Waals surface area (Å²) in [5, 5.41) is 14.1. The second-order valence-corrected chi connectivity index (χ2v) is 4.51. The lowest BCUT2D eigenvalue weighted by molar-refractivity contribution is 0.189. The molecule has 0 unspecified atom stereocenters. The molecule has 0 spiro atoms. The SMILES string of the molecule is Cc1cc(COc2ccc(Cl)cc2[C@@H](C)O)no1. The molecule has 0 bridgehead atoms. The van der Waals surface area contributed by atoms with Gasteiger partial charge in [-0.25, -0.2) is 0 Å². The van der Waals surface area contributed by atoms with Crippen LogP contribution in [0.15, 0.2) is 28.8 Å². The van der Waals surface area contributed by atoms with E-state index in [9.17, 15) is 5.11 Å². The standard InChI is InChI=1S/C13H14ClNO3/c1-8-5-11(15-18-8)7-17-13-4-3-10(14)6-12(13)9(2)16/h3-6,9,16H,7H2,1-2H3/t9-/m1/s1. The number of aliphatic hydroxyl groups excluding tert-OH is 1. The van der Waals surface area contributed by atoms with Crippen LogP contribution in [0.5, 0.6) is 5.75 Å². The average Bonchev–Trinajstić information content (AvgIpc) is 2.73. The molecule has 1 heterocycles. The molecular formula is C13H14ClNO3. The van der Waals surface area contributed by atoms with Gasteiger partial charge in [0.25, 0.3) is 0 Å². The first-order valence-corrected chi connectivity index (χ1v) is 5.96. The van der Waals surface area contributed by atoms with Gasteiger partial charge in [-0.15, -0.1) is 0 Å². The van der Waals surface area contributed by atoms with Crippen molar-refractivity contribution < 1.29 is 14.4 Å². The Balaban J connectivity index is 2.13. The number of ether oxygens (including phenoxy) is 1. The minimum absolute atomic E-state index is 0.290. The number of halogens is 1. The lowest BCUT2D eigenvalue weighted by Gasteiger charge is -2.12. The third kappa shape index (κ3) is 3.03. The van der Waals surface area contributed by atoms with E-state index in [1.807, 2.05) is 6.92 Å². The average molecular weight is 268 g/mol. The molecule has 0 aliphatic rings. The minimum Gasteiger partial charge on any atom is -0.487 e. The van der Waals surface area contributed by atoms with Gasteiger partial charge in [0, 0.05) is 16.7 Å². The van der Waals surface area contributed by atoms with Gasteiger partial charge in [-0.2, -0.15) is 0 Å². The van der Waals surface area contributed by atoms with Crippen LogP contribution >= 0.6 is 11.6 Å². The summed E-state index contributed by atoms with van der Waals surface area (Å²) in [7, 11) is 0. The number of aliphatic hydroxyl groups is 1. The van der Waals surface area contributed by atoms with Gasteiger partial charge in [0.15, 0.2) is 0 Å². The van der Waals surface area contributed by atoms with E-state index in [1.165, 1.54) is 0 Å². The van der Waals surface area contributed by atoms with Gasteiger partial charge in [0.1, 0.15) is 23.8 Å². The highest BCUT2D eigenvalue weighted by Gasteiger charge is 2.11. The lowest BCUT2D eigenvalue weighted by Crippen LogP contribution is -2.01. The molecule has 1 aromatic heterocycles. The number of aromatic nitrogens is 1. The second kappa shape index (κ2) is 5.42. The molecule has 2 rings (SSSR count). The molecule has 1 aromatic carbocycles. The molecule has 0 aliphatic heterocycles.